The Balaban J connectivity index is 3.10. The van der Waals surface area contributed by atoms with Gasteiger partial charge in [-0.2, -0.15) is 0 Å². The van der Waals surface area contributed by atoms with Crippen molar-refractivity contribution in [3.63, 3.8) is 0 Å². The largest absolute Gasteiger partial charge is 0.506 e. The van der Waals surface area contributed by atoms with Crippen LogP contribution in [-0.2, 0) is 4.79 Å². The summed E-state index contributed by atoms with van der Waals surface area (Å²) in [5.74, 6) is -0.175. The number of amides is 1. The molecule has 0 aliphatic carbocycles. The van der Waals surface area contributed by atoms with Gasteiger partial charge in [0.05, 0.1) is 5.69 Å². The third kappa shape index (κ3) is 2.05. The number of aromatic hydroxyl groups is 1. The number of carbonyl (C=O) groups excluding carboxylic acids is 2. The fourth-order valence-electron chi connectivity index (χ4n) is 0.934. The van der Waals surface area contributed by atoms with Crippen LogP contribution in [0.2, 0.25) is 0 Å². The molecule has 1 aromatic rings. The maximum atomic E-state index is 10.9. The van der Waals surface area contributed by atoms with Gasteiger partial charge in [-0.3, -0.25) is 9.59 Å². The molecule has 1 rings (SSSR count). The van der Waals surface area contributed by atoms with Crippen LogP contribution in [0, 0.1) is 0 Å². The first kappa shape index (κ1) is 9.25. The molecule has 68 valence electrons. The number of phenols is 1. The standard InChI is InChI=1S/C9H9NO3/c1-6(12)7-2-3-9(13)8(4-7)10-5-11/h2-5,13H,1H3,(H,10,11). The summed E-state index contributed by atoms with van der Waals surface area (Å²) in [6, 6.07) is 4.28. The minimum Gasteiger partial charge on any atom is -0.506 e. The van der Waals surface area contributed by atoms with Gasteiger partial charge in [0, 0.05) is 5.56 Å². The van der Waals surface area contributed by atoms with E-state index in [1.54, 1.807) is 0 Å². The molecular formula is C9H9NO3. The Hall–Kier alpha value is -1.84. The van der Waals surface area contributed by atoms with Crippen LogP contribution in [0.15, 0.2) is 18.2 Å². The molecule has 4 heteroatoms. The van der Waals surface area contributed by atoms with E-state index in [1.807, 2.05) is 0 Å². The molecule has 0 unspecified atom stereocenters. The van der Waals surface area contributed by atoms with Crippen LogP contribution >= 0.6 is 0 Å². The quantitative estimate of drug-likeness (QED) is 0.415. The maximum absolute atomic E-state index is 10.9. The Labute approximate surface area is 75.2 Å². The average Bonchev–Trinajstić information content (AvgIpc) is 2.08. The summed E-state index contributed by atoms with van der Waals surface area (Å²) >= 11 is 0. The molecule has 0 spiro atoms. The minimum atomic E-state index is -0.117. The first-order valence-corrected chi connectivity index (χ1v) is 3.69. The highest BCUT2D eigenvalue weighted by Gasteiger charge is 2.04. The lowest BCUT2D eigenvalue weighted by atomic mass is 10.1. The molecule has 4 nitrogen and oxygen atoms in total. The zero-order valence-electron chi connectivity index (χ0n) is 7.07. The minimum absolute atomic E-state index is 0.0582. The highest BCUT2D eigenvalue weighted by molar-refractivity contribution is 5.96. The number of rotatable bonds is 3. The molecule has 0 saturated heterocycles. The molecule has 2 N–H and O–H groups in total. The number of nitrogens with one attached hydrogen (secondary N) is 1. The topological polar surface area (TPSA) is 66.4 Å². The van der Waals surface area contributed by atoms with Gasteiger partial charge >= 0.3 is 0 Å². The van der Waals surface area contributed by atoms with Crippen molar-refractivity contribution >= 4 is 17.9 Å². The summed E-state index contributed by atoms with van der Waals surface area (Å²) in [6.45, 7) is 1.41. The summed E-state index contributed by atoms with van der Waals surface area (Å²) in [5.41, 5.74) is 0.685. The van der Waals surface area contributed by atoms with E-state index < -0.39 is 0 Å². The van der Waals surface area contributed by atoms with Gasteiger partial charge in [-0.05, 0) is 25.1 Å². The smallest absolute Gasteiger partial charge is 0.211 e. The number of hydrogen-bond acceptors (Lipinski definition) is 3. The number of carbonyl (C=O) groups is 2. The fourth-order valence-corrected chi connectivity index (χ4v) is 0.934. The average molecular weight is 179 g/mol. The number of hydrogen-bond donors (Lipinski definition) is 2. The molecule has 0 radical (unpaired) electrons. The summed E-state index contributed by atoms with van der Waals surface area (Å²) in [7, 11) is 0. The molecule has 0 fully saturated rings. The highest BCUT2D eigenvalue weighted by Crippen LogP contribution is 2.23. The van der Waals surface area contributed by atoms with E-state index in [1.165, 1.54) is 25.1 Å². The molecule has 1 aromatic carbocycles. The highest BCUT2D eigenvalue weighted by atomic mass is 16.3. The van der Waals surface area contributed by atoms with E-state index in [0.717, 1.165) is 0 Å². The normalized spacial score (nSPS) is 9.31. The van der Waals surface area contributed by atoms with E-state index in [4.69, 9.17) is 0 Å². The molecule has 1 amide bonds. The van der Waals surface area contributed by atoms with Crippen LogP contribution in [0.25, 0.3) is 0 Å². The summed E-state index contributed by atoms with van der Waals surface area (Å²) in [6.07, 6.45) is 0.443. The van der Waals surface area contributed by atoms with Crippen LogP contribution in [-0.4, -0.2) is 17.3 Å². The van der Waals surface area contributed by atoms with Gasteiger partial charge < -0.3 is 10.4 Å². The number of ketones is 1. The van der Waals surface area contributed by atoms with Crippen molar-refractivity contribution in [2.75, 3.05) is 5.32 Å². The molecule has 0 bridgehead atoms. The second-order valence-corrected chi connectivity index (χ2v) is 2.55. The van der Waals surface area contributed by atoms with Crippen LogP contribution < -0.4 is 5.32 Å². The lowest BCUT2D eigenvalue weighted by Gasteiger charge is -2.03. The third-order valence-electron chi connectivity index (χ3n) is 1.62. The summed E-state index contributed by atoms with van der Waals surface area (Å²) < 4.78 is 0. The van der Waals surface area contributed by atoms with Crippen molar-refractivity contribution < 1.29 is 14.7 Å². The summed E-state index contributed by atoms with van der Waals surface area (Å²) in [5, 5.41) is 11.5. The maximum Gasteiger partial charge on any atom is 0.211 e. The summed E-state index contributed by atoms with van der Waals surface area (Å²) in [4.78, 5) is 21.0. The van der Waals surface area contributed by atoms with Gasteiger partial charge in [0.25, 0.3) is 0 Å². The molecule has 0 atom stereocenters. The van der Waals surface area contributed by atoms with E-state index in [9.17, 15) is 14.7 Å². The Morgan fingerprint density at radius 2 is 2.23 bits per heavy atom. The van der Waals surface area contributed by atoms with Crippen LogP contribution in [0.1, 0.15) is 17.3 Å². The number of phenolic OH excluding ortho intramolecular Hbond substituents is 1. The second-order valence-electron chi connectivity index (χ2n) is 2.55. The Morgan fingerprint density at radius 3 is 2.77 bits per heavy atom. The van der Waals surface area contributed by atoms with Gasteiger partial charge in [0.1, 0.15) is 5.75 Å². The number of anilines is 1. The zero-order chi connectivity index (χ0) is 9.84. The second kappa shape index (κ2) is 3.71. The van der Waals surface area contributed by atoms with Crippen LogP contribution in [0.5, 0.6) is 5.75 Å². The van der Waals surface area contributed by atoms with Crippen molar-refractivity contribution in [2.24, 2.45) is 0 Å². The third-order valence-corrected chi connectivity index (χ3v) is 1.62. The molecule has 0 saturated carbocycles. The van der Waals surface area contributed by atoms with Crippen molar-refractivity contribution in [3.05, 3.63) is 23.8 Å². The predicted octanol–water partition coefficient (Wildman–Crippen LogP) is 1.16. The van der Waals surface area contributed by atoms with Gasteiger partial charge in [-0.25, -0.2) is 0 Å². The molecule has 0 aliphatic rings. The number of Topliss-reactive ketones (excluding diaryl/α,β-unsaturated/α-hetero) is 1. The van der Waals surface area contributed by atoms with E-state index in [2.05, 4.69) is 5.32 Å². The van der Waals surface area contributed by atoms with Crippen molar-refractivity contribution in [3.8, 4) is 5.75 Å². The van der Waals surface area contributed by atoms with E-state index in [0.29, 0.717) is 12.0 Å². The Bertz CT molecular complexity index is 347. The van der Waals surface area contributed by atoms with Crippen molar-refractivity contribution in [1.82, 2.24) is 0 Å². The zero-order valence-corrected chi connectivity index (χ0v) is 7.07. The fraction of sp³-hybridized carbons (Fsp3) is 0.111. The van der Waals surface area contributed by atoms with Gasteiger partial charge in [-0.15, -0.1) is 0 Å². The SMILES string of the molecule is CC(=O)c1ccc(O)c(NC=O)c1. The molecule has 0 heterocycles. The van der Waals surface area contributed by atoms with Gasteiger partial charge in [0.15, 0.2) is 5.78 Å². The van der Waals surface area contributed by atoms with E-state index >= 15 is 0 Å². The van der Waals surface area contributed by atoms with Gasteiger partial charge in [0.2, 0.25) is 6.41 Å². The lowest BCUT2D eigenvalue weighted by molar-refractivity contribution is -0.105. The van der Waals surface area contributed by atoms with Crippen molar-refractivity contribution in [1.29, 1.82) is 0 Å². The molecular weight excluding hydrogens is 170 g/mol. The lowest BCUT2D eigenvalue weighted by Crippen LogP contribution is -1.97. The van der Waals surface area contributed by atoms with Gasteiger partial charge in [-0.1, -0.05) is 0 Å². The first-order chi connectivity index (χ1) is 6.15. The Kier molecular flexibility index (Phi) is 2.64. The molecule has 0 aliphatic heterocycles. The Morgan fingerprint density at radius 1 is 1.54 bits per heavy atom. The van der Waals surface area contributed by atoms with Crippen LogP contribution in [0.4, 0.5) is 5.69 Å². The van der Waals surface area contributed by atoms with Crippen molar-refractivity contribution in [2.45, 2.75) is 6.92 Å². The molecule has 0 aromatic heterocycles. The van der Waals surface area contributed by atoms with Crippen LogP contribution in [0.3, 0.4) is 0 Å². The predicted molar refractivity (Wildman–Crippen MR) is 47.8 cm³/mol. The molecule has 13 heavy (non-hydrogen) atoms. The van der Waals surface area contributed by atoms with E-state index in [-0.39, 0.29) is 17.2 Å². The first-order valence-electron chi connectivity index (χ1n) is 3.69. The monoisotopic (exact) mass is 179 g/mol. The number of benzene rings is 1.